The number of rotatable bonds is 7. The first-order valence-electron chi connectivity index (χ1n) is 7.28. The van der Waals surface area contributed by atoms with E-state index in [1.165, 1.54) is 12.1 Å². The second-order valence-corrected chi connectivity index (χ2v) is 5.41. The maximum atomic E-state index is 13.1. The van der Waals surface area contributed by atoms with E-state index in [9.17, 15) is 9.18 Å². The van der Waals surface area contributed by atoms with Gasteiger partial charge in [0.05, 0.1) is 6.61 Å². The van der Waals surface area contributed by atoms with E-state index in [-0.39, 0.29) is 24.3 Å². The molecule has 0 radical (unpaired) electrons. The fourth-order valence-electron chi connectivity index (χ4n) is 2.52. The largest absolute Gasteiger partial charge is 0.491 e. The van der Waals surface area contributed by atoms with E-state index in [1.807, 2.05) is 0 Å². The third kappa shape index (κ3) is 3.35. The van der Waals surface area contributed by atoms with Gasteiger partial charge >= 0.3 is 5.97 Å². The first kappa shape index (κ1) is 15.8. The molecule has 1 aromatic rings. The topological polar surface area (TPSA) is 47.6 Å². The molecule has 1 N–H and O–H groups in total. The smallest absolute Gasteiger partial charge is 0.330 e. The first-order chi connectivity index (χ1) is 10.0. The number of halogens is 1. The molecule has 1 atom stereocenters. The molecule has 2 rings (SSSR count). The van der Waals surface area contributed by atoms with Gasteiger partial charge in [0, 0.05) is 0 Å². The molecule has 0 aromatic heterocycles. The van der Waals surface area contributed by atoms with Crippen LogP contribution in [0.5, 0.6) is 5.75 Å². The number of carbonyl (C=O) groups is 1. The van der Waals surface area contributed by atoms with Gasteiger partial charge in [-0.05, 0) is 63.4 Å². The number of aryl methyl sites for hydroxylation is 1. The molecular formula is C16H22FNO3. The molecule has 1 aliphatic rings. The standard InChI is InChI=1S/C16H22FNO3/c1-4-20-15(19)16(18-3,12-5-6-12)10-21-14-8-7-13(17)9-11(14)2/h7-9,12,18H,4-6,10H2,1-3H3. The molecule has 1 unspecified atom stereocenters. The Morgan fingerprint density at radius 1 is 1.48 bits per heavy atom. The van der Waals surface area contributed by atoms with Crippen LogP contribution < -0.4 is 10.1 Å². The summed E-state index contributed by atoms with van der Waals surface area (Å²) < 4.78 is 24.1. The summed E-state index contributed by atoms with van der Waals surface area (Å²) in [5.74, 6) is 0.227. The summed E-state index contributed by atoms with van der Waals surface area (Å²) in [7, 11) is 1.75. The van der Waals surface area contributed by atoms with Crippen molar-refractivity contribution >= 4 is 5.97 Å². The molecule has 116 valence electrons. The predicted octanol–water partition coefficient (Wildman–Crippen LogP) is 2.44. The molecule has 21 heavy (non-hydrogen) atoms. The molecule has 0 saturated heterocycles. The predicted molar refractivity (Wildman–Crippen MR) is 77.8 cm³/mol. The highest BCUT2D eigenvalue weighted by atomic mass is 19.1. The van der Waals surface area contributed by atoms with Gasteiger partial charge in [0.1, 0.15) is 18.2 Å². The Hall–Kier alpha value is -1.62. The molecule has 0 heterocycles. The average Bonchev–Trinajstić information content (AvgIpc) is 3.27. The lowest BCUT2D eigenvalue weighted by Gasteiger charge is -2.31. The van der Waals surface area contributed by atoms with E-state index < -0.39 is 5.54 Å². The van der Waals surface area contributed by atoms with Gasteiger partial charge in [-0.3, -0.25) is 0 Å². The van der Waals surface area contributed by atoms with Crippen molar-refractivity contribution in [3.63, 3.8) is 0 Å². The molecule has 1 saturated carbocycles. The Kier molecular flexibility index (Phi) is 4.83. The van der Waals surface area contributed by atoms with Crippen molar-refractivity contribution < 1.29 is 18.7 Å². The summed E-state index contributed by atoms with van der Waals surface area (Å²) >= 11 is 0. The van der Waals surface area contributed by atoms with Crippen LogP contribution in [0.15, 0.2) is 18.2 Å². The fourth-order valence-corrected chi connectivity index (χ4v) is 2.52. The van der Waals surface area contributed by atoms with Crippen LogP contribution >= 0.6 is 0 Å². The Bertz CT molecular complexity index is 516. The van der Waals surface area contributed by atoms with E-state index in [4.69, 9.17) is 9.47 Å². The molecule has 4 nitrogen and oxygen atoms in total. The van der Waals surface area contributed by atoms with Crippen molar-refractivity contribution in [2.24, 2.45) is 5.92 Å². The first-order valence-corrected chi connectivity index (χ1v) is 7.28. The minimum absolute atomic E-state index is 0.180. The van der Waals surface area contributed by atoms with Gasteiger partial charge in [0.25, 0.3) is 0 Å². The van der Waals surface area contributed by atoms with Crippen LogP contribution in [0.2, 0.25) is 0 Å². The summed E-state index contributed by atoms with van der Waals surface area (Å²) in [6.45, 7) is 4.08. The third-order valence-corrected chi connectivity index (χ3v) is 3.95. The Labute approximate surface area is 124 Å². The number of hydrogen-bond acceptors (Lipinski definition) is 4. The quantitative estimate of drug-likeness (QED) is 0.785. The van der Waals surface area contributed by atoms with Gasteiger partial charge in [-0.2, -0.15) is 0 Å². The van der Waals surface area contributed by atoms with Gasteiger partial charge in [0.2, 0.25) is 0 Å². The van der Waals surface area contributed by atoms with E-state index in [2.05, 4.69) is 5.32 Å². The average molecular weight is 295 g/mol. The van der Waals surface area contributed by atoms with Crippen molar-refractivity contribution in [2.75, 3.05) is 20.3 Å². The van der Waals surface area contributed by atoms with Crippen LogP contribution in [0.4, 0.5) is 4.39 Å². The summed E-state index contributed by atoms with van der Waals surface area (Å²) in [5.41, 5.74) is -0.115. The lowest BCUT2D eigenvalue weighted by atomic mass is 9.94. The zero-order valence-corrected chi connectivity index (χ0v) is 12.7. The van der Waals surface area contributed by atoms with E-state index >= 15 is 0 Å². The van der Waals surface area contributed by atoms with Crippen molar-refractivity contribution in [1.82, 2.24) is 5.32 Å². The molecule has 5 heteroatoms. The van der Waals surface area contributed by atoms with E-state index in [1.54, 1.807) is 27.0 Å². The van der Waals surface area contributed by atoms with Crippen LogP contribution in [-0.2, 0) is 9.53 Å². The number of hydrogen-bond donors (Lipinski definition) is 1. The molecule has 1 aromatic carbocycles. The molecule has 0 spiro atoms. The molecule has 1 aliphatic carbocycles. The molecule has 0 bridgehead atoms. The number of benzene rings is 1. The second-order valence-electron chi connectivity index (χ2n) is 5.41. The van der Waals surface area contributed by atoms with Gasteiger partial charge in [-0.25, -0.2) is 9.18 Å². The van der Waals surface area contributed by atoms with Crippen LogP contribution in [0, 0.1) is 18.7 Å². The normalized spacial score (nSPS) is 17.1. The number of ether oxygens (including phenoxy) is 2. The molecule has 0 aliphatic heterocycles. The number of esters is 1. The van der Waals surface area contributed by atoms with Crippen molar-refractivity contribution in [3.8, 4) is 5.75 Å². The molecule has 1 fully saturated rings. The summed E-state index contributed by atoms with van der Waals surface area (Å²) in [6.07, 6.45) is 1.96. The van der Waals surface area contributed by atoms with Crippen LogP contribution in [-0.4, -0.2) is 31.8 Å². The Morgan fingerprint density at radius 3 is 2.71 bits per heavy atom. The van der Waals surface area contributed by atoms with Gasteiger partial charge in [-0.15, -0.1) is 0 Å². The van der Waals surface area contributed by atoms with E-state index in [0.29, 0.717) is 17.9 Å². The summed E-state index contributed by atoms with van der Waals surface area (Å²) in [5, 5.41) is 3.09. The highest BCUT2D eigenvalue weighted by molar-refractivity contribution is 5.82. The highest BCUT2D eigenvalue weighted by Gasteiger charge is 2.52. The van der Waals surface area contributed by atoms with Crippen molar-refractivity contribution in [3.05, 3.63) is 29.6 Å². The fraction of sp³-hybridized carbons (Fsp3) is 0.562. The third-order valence-electron chi connectivity index (χ3n) is 3.95. The Morgan fingerprint density at radius 2 is 2.19 bits per heavy atom. The number of nitrogens with one attached hydrogen (secondary N) is 1. The second kappa shape index (κ2) is 6.43. The maximum Gasteiger partial charge on any atom is 0.330 e. The SMILES string of the molecule is CCOC(=O)C(COc1ccc(F)cc1C)(NC)C1CC1. The Balaban J connectivity index is 2.13. The van der Waals surface area contributed by atoms with Crippen LogP contribution in [0.3, 0.4) is 0 Å². The minimum atomic E-state index is -0.823. The molecule has 0 amide bonds. The van der Waals surface area contributed by atoms with Crippen LogP contribution in [0.25, 0.3) is 0 Å². The lowest BCUT2D eigenvalue weighted by molar-refractivity contribution is -0.153. The highest BCUT2D eigenvalue weighted by Crippen LogP contribution is 2.41. The molecular weight excluding hydrogens is 273 g/mol. The van der Waals surface area contributed by atoms with Crippen molar-refractivity contribution in [1.29, 1.82) is 0 Å². The minimum Gasteiger partial charge on any atom is -0.491 e. The van der Waals surface area contributed by atoms with Crippen LogP contribution in [0.1, 0.15) is 25.3 Å². The van der Waals surface area contributed by atoms with Gasteiger partial charge in [0.15, 0.2) is 5.54 Å². The lowest BCUT2D eigenvalue weighted by Crippen LogP contribution is -2.57. The van der Waals surface area contributed by atoms with E-state index in [0.717, 1.165) is 12.8 Å². The zero-order valence-electron chi connectivity index (χ0n) is 12.7. The summed E-state index contributed by atoms with van der Waals surface area (Å²) in [6, 6.07) is 4.35. The van der Waals surface area contributed by atoms with Gasteiger partial charge in [-0.1, -0.05) is 0 Å². The zero-order chi connectivity index (χ0) is 15.5. The monoisotopic (exact) mass is 295 g/mol. The number of likely N-dealkylation sites (N-methyl/N-ethyl adjacent to an activating group) is 1. The summed E-state index contributed by atoms with van der Waals surface area (Å²) in [4.78, 5) is 12.3. The van der Waals surface area contributed by atoms with Gasteiger partial charge < -0.3 is 14.8 Å². The van der Waals surface area contributed by atoms with Crippen molar-refractivity contribution in [2.45, 2.75) is 32.2 Å². The maximum absolute atomic E-state index is 13.1. The number of carbonyl (C=O) groups excluding carboxylic acids is 1.